The molecule has 7 heteroatoms. The van der Waals surface area contributed by atoms with Crippen molar-refractivity contribution >= 4 is 34.6 Å². The molecule has 0 aliphatic rings. The maximum absolute atomic E-state index is 10.8. The third kappa shape index (κ3) is 3.39. The normalized spacial score (nSPS) is 11.3. The lowest BCUT2D eigenvalue weighted by Crippen LogP contribution is -1.87. The number of nitro groups is 1. The molecule has 2 aromatic carbocycles. The number of rotatable bonds is 4. The summed E-state index contributed by atoms with van der Waals surface area (Å²) in [5.41, 5.74) is 2.30. The zero-order valence-electron chi connectivity index (χ0n) is 11.8. The molecule has 0 radical (unpaired) electrons. The van der Waals surface area contributed by atoms with Crippen molar-refractivity contribution in [3.8, 4) is 6.07 Å². The SMILES string of the molecule is N#C/C(=C\c1cccc([N+](=O)[O-])c1)Sc1nc2ccccc2[nH]1. The summed E-state index contributed by atoms with van der Waals surface area (Å²) in [6.07, 6.45) is 1.60. The molecular weight excluding hydrogens is 312 g/mol. The third-order valence-corrected chi connectivity index (χ3v) is 3.88. The highest BCUT2D eigenvalue weighted by molar-refractivity contribution is 8.03. The molecule has 3 rings (SSSR count). The number of aromatic nitrogens is 2. The van der Waals surface area contributed by atoms with Gasteiger partial charge in [-0.2, -0.15) is 5.26 Å². The number of aromatic amines is 1. The van der Waals surface area contributed by atoms with E-state index in [-0.39, 0.29) is 5.69 Å². The number of hydrogen-bond donors (Lipinski definition) is 1. The maximum Gasteiger partial charge on any atom is 0.270 e. The van der Waals surface area contributed by atoms with Crippen LogP contribution in [-0.2, 0) is 0 Å². The number of nitrogens with one attached hydrogen (secondary N) is 1. The summed E-state index contributed by atoms with van der Waals surface area (Å²) < 4.78 is 0. The Morgan fingerprint density at radius 3 is 2.87 bits per heavy atom. The van der Waals surface area contributed by atoms with E-state index in [1.165, 1.54) is 23.9 Å². The second kappa shape index (κ2) is 6.34. The van der Waals surface area contributed by atoms with Gasteiger partial charge in [0.25, 0.3) is 5.69 Å². The van der Waals surface area contributed by atoms with Crippen molar-refractivity contribution in [1.82, 2.24) is 9.97 Å². The van der Waals surface area contributed by atoms with E-state index in [9.17, 15) is 15.4 Å². The fraction of sp³-hybridized carbons (Fsp3) is 0. The number of non-ortho nitro benzene ring substituents is 1. The largest absolute Gasteiger partial charge is 0.333 e. The van der Waals surface area contributed by atoms with E-state index in [0.717, 1.165) is 11.0 Å². The van der Waals surface area contributed by atoms with Crippen LogP contribution in [0.2, 0.25) is 0 Å². The fourth-order valence-electron chi connectivity index (χ4n) is 2.05. The molecule has 0 amide bonds. The number of hydrogen-bond acceptors (Lipinski definition) is 5. The molecule has 0 saturated heterocycles. The van der Waals surface area contributed by atoms with Gasteiger partial charge in [0.1, 0.15) is 6.07 Å². The van der Waals surface area contributed by atoms with Gasteiger partial charge in [0, 0.05) is 12.1 Å². The smallest absolute Gasteiger partial charge is 0.270 e. The molecule has 0 atom stereocenters. The highest BCUT2D eigenvalue weighted by Crippen LogP contribution is 2.28. The van der Waals surface area contributed by atoms with Crippen molar-refractivity contribution in [2.24, 2.45) is 0 Å². The number of nitriles is 1. The van der Waals surface area contributed by atoms with Crippen molar-refractivity contribution < 1.29 is 4.92 Å². The molecule has 112 valence electrons. The lowest BCUT2D eigenvalue weighted by molar-refractivity contribution is -0.384. The number of imidazole rings is 1. The minimum Gasteiger partial charge on any atom is -0.333 e. The number of para-hydroxylation sites is 2. The van der Waals surface area contributed by atoms with Crippen LogP contribution in [0.25, 0.3) is 17.1 Å². The van der Waals surface area contributed by atoms with E-state index in [2.05, 4.69) is 16.0 Å². The van der Waals surface area contributed by atoms with E-state index in [4.69, 9.17) is 0 Å². The van der Waals surface area contributed by atoms with E-state index in [1.54, 1.807) is 18.2 Å². The molecule has 6 nitrogen and oxygen atoms in total. The van der Waals surface area contributed by atoms with Crippen LogP contribution in [0.15, 0.2) is 58.6 Å². The molecule has 3 aromatic rings. The lowest BCUT2D eigenvalue weighted by Gasteiger charge is -1.97. The number of fused-ring (bicyclic) bond motifs is 1. The van der Waals surface area contributed by atoms with Crippen LogP contribution in [0.5, 0.6) is 0 Å². The highest BCUT2D eigenvalue weighted by Gasteiger charge is 2.08. The lowest BCUT2D eigenvalue weighted by atomic mass is 10.2. The molecule has 0 saturated carbocycles. The van der Waals surface area contributed by atoms with Crippen molar-refractivity contribution in [1.29, 1.82) is 5.26 Å². The monoisotopic (exact) mass is 322 g/mol. The number of thioether (sulfide) groups is 1. The van der Waals surface area contributed by atoms with Crippen LogP contribution < -0.4 is 0 Å². The Balaban J connectivity index is 1.89. The topological polar surface area (TPSA) is 95.6 Å². The molecule has 0 unspecified atom stereocenters. The van der Waals surface area contributed by atoms with Gasteiger partial charge in [0.15, 0.2) is 5.16 Å². The van der Waals surface area contributed by atoms with Crippen LogP contribution in [-0.4, -0.2) is 14.9 Å². The Morgan fingerprint density at radius 2 is 2.13 bits per heavy atom. The van der Waals surface area contributed by atoms with Gasteiger partial charge in [-0.1, -0.05) is 24.3 Å². The highest BCUT2D eigenvalue weighted by atomic mass is 32.2. The van der Waals surface area contributed by atoms with Crippen molar-refractivity contribution in [2.75, 3.05) is 0 Å². The second-order valence-electron chi connectivity index (χ2n) is 4.63. The molecule has 1 heterocycles. The van der Waals surface area contributed by atoms with E-state index in [0.29, 0.717) is 15.6 Å². The first kappa shape index (κ1) is 14.8. The molecule has 23 heavy (non-hydrogen) atoms. The van der Waals surface area contributed by atoms with Gasteiger partial charge in [-0.25, -0.2) is 4.98 Å². The summed E-state index contributed by atoms with van der Waals surface area (Å²) in [5, 5.41) is 20.7. The Hall–Kier alpha value is -3.11. The van der Waals surface area contributed by atoms with E-state index >= 15 is 0 Å². The molecule has 0 aliphatic heterocycles. The molecule has 0 fully saturated rings. The third-order valence-electron chi connectivity index (χ3n) is 3.06. The van der Waals surface area contributed by atoms with Crippen molar-refractivity contribution in [2.45, 2.75) is 5.16 Å². The Kier molecular flexibility index (Phi) is 4.08. The van der Waals surface area contributed by atoms with E-state index in [1.807, 2.05) is 24.3 Å². The quantitative estimate of drug-likeness (QED) is 0.337. The summed E-state index contributed by atoms with van der Waals surface area (Å²) in [5.74, 6) is 0. The van der Waals surface area contributed by atoms with Crippen molar-refractivity contribution in [3.63, 3.8) is 0 Å². The maximum atomic E-state index is 10.8. The second-order valence-corrected chi connectivity index (χ2v) is 5.66. The van der Waals surface area contributed by atoms with Gasteiger partial charge in [-0.05, 0) is 35.5 Å². The average Bonchev–Trinajstić information content (AvgIpc) is 2.96. The number of nitrogens with zero attached hydrogens (tertiary/aromatic N) is 3. The summed E-state index contributed by atoms with van der Waals surface area (Å²) in [6.45, 7) is 0. The van der Waals surface area contributed by atoms with Gasteiger partial charge < -0.3 is 4.98 Å². The van der Waals surface area contributed by atoms with Crippen LogP contribution in [0.3, 0.4) is 0 Å². The molecule has 0 spiro atoms. The zero-order chi connectivity index (χ0) is 16.2. The van der Waals surface area contributed by atoms with Crippen LogP contribution in [0.4, 0.5) is 5.69 Å². The summed E-state index contributed by atoms with van der Waals surface area (Å²) in [6, 6.07) is 15.8. The number of H-pyrrole nitrogens is 1. The number of allylic oxidation sites excluding steroid dienone is 1. The predicted molar refractivity (Wildman–Crippen MR) is 88.6 cm³/mol. The van der Waals surface area contributed by atoms with Crippen LogP contribution in [0.1, 0.15) is 5.56 Å². The first-order valence-corrected chi connectivity index (χ1v) is 7.46. The molecule has 0 bridgehead atoms. The van der Waals surface area contributed by atoms with Gasteiger partial charge in [0.05, 0.1) is 20.9 Å². The van der Waals surface area contributed by atoms with Gasteiger partial charge in [-0.3, -0.25) is 10.1 Å². The summed E-state index contributed by atoms with van der Waals surface area (Å²) in [7, 11) is 0. The van der Waals surface area contributed by atoms with Crippen LogP contribution in [0, 0.1) is 21.4 Å². The Labute approximate surface area is 135 Å². The van der Waals surface area contributed by atoms with Gasteiger partial charge in [0.2, 0.25) is 0 Å². The fourth-order valence-corrected chi connectivity index (χ4v) is 2.80. The van der Waals surface area contributed by atoms with Crippen LogP contribution >= 0.6 is 11.8 Å². The zero-order valence-corrected chi connectivity index (χ0v) is 12.6. The van der Waals surface area contributed by atoms with Crippen molar-refractivity contribution in [3.05, 3.63) is 69.1 Å². The van der Waals surface area contributed by atoms with E-state index < -0.39 is 4.92 Å². The molecule has 1 aromatic heterocycles. The minimum atomic E-state index is -0.463. The Morgan fingerprint density at radius 1 is 1.30 bits per heavy atom. The number of nitro benzene ring substituents is 1. The first-order valence-electron chi connectivity index (χ1n) is 6.64. The predicted octanol–water partition coefficient (Wildman–Crippen LogP) is 4.13. The first-order chi connectivity index (χ1) is 11.2. The standard InChI is InChI=1S/C16H10N4O2S/c17-10-13(9-11-4-3-5-12(8-11)20(21)22)23-16-18-14-6-1-2-7-15(14)19-16/h1-9H,(H,18,19)/b13-9+. The molecule has 1 N–H and O–H groups in total. The van der Waals surface area contributed by atoms with Gasteiger partial charge in [-0.15, -0.1) is 0 Å². The summed E-state index contributed by atoms with van der Waals surface area (Å²) in [4.78, 5) is 18.3. The number of benzene rings is 2. The average molecular weight is 322 g/mol. The Bertz CT molecular complexity index is 923. The summed E-state index contributed by atoms with van der Waals surface area (Å²) >= 11 is 1.19. The molecular formula is C16H10N4O2S. The minimum absolute atomic E-state index is 0.00947. The molecule has 0 aliphatic carbocycles. The van der Waals surface area contributed by atoms with Gasteiger partial charge >= 0.3 is 0 Å².